The Hall–Kier alpha value is -1.93. The van der Waals surface area contributed by atoms with E-state index in [9.17, 15) is 0 Å². The Bertz CT molecular complexity index is 717. The van der Waals surface area contributed by atoms with Gasteiger partial charge in [-0.15, -0.1) is 11.3 Å². The van der Waals surface area contributed by atoms with Crippen LogP contribution in [0.15, 0.2) is 21.8 Å². The second-order valence-corrected chi connectivity index (χ2v) is 7.86. The average molecular weight is 377 g/mol. The molecule has 0 amide bonds. The van der Waals surface area contributed by atoms with Crippen molar-refractivity contribution in [3.8, 4) is 0 Å². The molecule has 2 aromatic heterocycles. The molecule has 0 aromatic carbocycles. The van der Waals surface area contributed by atoms with Crippen LogP contribution in [0.5, 0.6) is 0 Å². The molecule has 3 heterocycles. The number of guanidine groups is 1. The highest BCUT2D eigenvalue weighted by Crippen LogP contribution is 2.12. The van der Waals surface area contributed by atoms with Crippen molar-refractivity contribution in [1.82, 2.24) is 25.3 Å². The minimum atomic E-state index is 0.772. The zero-order chi connectivity index (χ0) is 18.4. The van der Waals surface area contributed by atoms with E-state index in [0.29, 0.717) is 0 Å². The van der Waals surface area contributed by atoms with E-state index in [4.69, 9.17) is 9.52 Å². The van der Waals surface area contributed by atoms with E-state index in [1.165, 1.54) is 4.88 Å². The molecule has 0 aliphatic carbocycles. The summed E-state index contributed by atoms with van der Waals surface area (Å²) in [4.78, 5) is 15.2. The van der Waals surface area contributed by atoms with Crippen molar-refractivity contribution in [3.05, 3.63) is 33.6 Å². The lowest BCUT2D eigenvalue weighted by molar-refractivity contribution is 0.169. The monoisotopic (exact) mass is 376 g/mol. The third-order valence-corrected chi connectivity index (χ3v) is 5.30. The molecule has 2 aromatic rings. The maximum atomic E-state index is 5.16. The first-order valence-electron chi connectivity index (χ1n) is 9.23. The minimum Gasteiger partial charge on any atom is -0.361 e. The summed E-state index contributed by atoms with van der Waals surface area (Å²) in [6.07, 6.45) is 2.84. The summed E-state index contributed by atoms with van der Waals surface area (Å²) in [5.41, 5.74) is 1.01. The predicted molar refractivity (Wildman–Crippen MR) is 105 cm³/mol. The van der Waals surface area contributed by atoms with Crippen molar-refractivity contribution in [1.29, 1.82) is 0 Å². The van der Waals surface area contributed by atoms with Gasteiger partial charge in [0.25, 0.3) is 0 Å². The summed E-state index contributed by atoms with van der Waals surface area (Å²) in [5.74, 6) is 1.88. The van der Waals surface area contributed by atoms with E-state index >= 15 is 0 Å². The van der Waals surface area contributed by atoms with Crippen molar-refractivity contribution in [3.63, 3.8) is 0 Å². The maximum absolute atomic E-state index is 5.16. The van der Waals surface area contributed by atoms with Gasteiger partial charge in [-0.3, -0.25) is 9.89 Å². The topological polar surface area (TPSA) is 69.8 Å². The van der Waals surface area contributed by atoms with Gasteiger partial charge in [0, 0.05) is 69.4 Å². The lowest BCUT2D eigenvalue weighted by Gasteiger charge is -2.36. The number of hydrogen-bond donors (Lipinski definition) is 1. The Kier molecular flexibility index (Phi) is 6.62. The molecule has 7 nitrogen and oxygen atoms in total. The summed E-state index contributed by atoms with van der Waals surface area (Å²) in [5, 5.41) is 8.68. The number of aromatic nitrogens is 2. The Balaban J connectivity index is 1.49. The van der Waals surface area contributed by atoms with E-state index in [1.807, 2.05) is 19.2 Å². The highest BCUT2D eigenvalue weighted by molar-refractivity contribution is 7.11. The van der Waals surface area contributed by atoms with Crippen LogP contribution < -0.4 is 5.32 Å². The van der Waals surface area contributed by atoms with E-state index in [-0.39, 0.29) is 0 Å². The zero-order valence-corrected chi connectivity index (χ0v) is 16.7. The molecule has 26 heavy (non-hydrogen) atoms. The molecule has 142 valence electrons. The normalized spacial score (nSPS) is 16.3. The van der Waals surface area contributed by atoms with Gasteiger partial charge in [-0.1, -0.05) is 5.16 Å². The number of thiazole rings is 1. The van der Waals surface area contributed by atoms with Gasteiger partial charge in [-0.25, -0.2) is 4.98 Å². The van der Waals surface area contributed by atoms with Crippen LogP contribution in [-0.2, 0) is 13.0 Å². The van der Waals surface area contributed by atoms with E-state index in [0.717, 1.165) is 74.7 Å². The number of aliphatic imine (C=N–C) groups is 1. The van der Waals surface area contributed by atoms with E-state index in [1.54, 1.807) is 11.3 Å². The summed E-state index contributed by atoms with van der Waals surface area (Å²) in [6, 6.07) is 2.01. The third kappa shape index (κ3) is 5.28. The first-order valence-corrected chi connectivity index (χ1v) is 10.0. The molecule has 0 radical (unpaired) electrons. The zero-order valence-electron chi connectivity index (χ0n) is 15.9. The van der Waals surface area contributed by atoms with Crippen molar-refractivity contribution >= 4 is 17.3 Å². The number of piperazine rings is 1. The second kappa shape index (κ2) is 9.14. The minimum absolute atomic E-state index is 0.772. The standard InChI is InChI=1S/C18H28N6OS/c1-4-19-18(20-6-5-17-21-12-15(3)26-17)24-9-7-23(8-10-24)13-16-11-14(2)25-22-16/h11-12H,4-10,13H2,1-3H3,(H,19,20). The van der Waals surface area contributed by atoms with Crippen LogP contribution in [0.25, 0.3) is 0 Å². The molecule has 0 spiro atoms. The Morgan fingerprint density at radius 2 is 2.12 bits per heavy atom. The predicted octanol–water partition coefficient (Wildman–Crippen LogP) is 2.07. The van der Waals surface area contributed by atoms with E-state index in [2.05, 4.69) is 39.1 Å². The van der Waals surface area contributed by atoms with Crippen molar-refractivity contribution in [2.24, 2.45) is 4.99 Å². The van der Waals surface area contributed by atoms with Gasteiger partial charge in [0.05, 0.1) is 10.7 Å². The number of rotatable bonds is 6. The molecule has 1 N–H and O–H groups in total. The van der Waals surface area contributed by atoms with Crippen LogP contribution in [0.2, 0.25) is 0 Å². The van der Waals surface area contributed by atoms with Gasteiger partial charge < -0.3 is 14.7 Å². The Labute approximate surface area is 159 Å². The maximum Gasteiger partial charge on any atom is 0.194 e. The van der Waals surface area contributed by atoms with Gasteiger partial charge in [-0.2, -0.15) is 0 Å². The van der Waals surface area contributed by atoms with Gasteiger partial charge >= 0.3 is 0 Å². The highest BCUT2D eigenvalue weighted by Gasteiger charge is 2.20. The molecule has 1 fully saturated rings. The Morgan fingerprint density at radius 3 is 2.73 bits per heavy atom. The lowest BCUT2D eigenvalue weighted by atomic mass is 10.3. The smallest absolute Gasteiger partial charge is 0.194 e. The van der Waals surface area contributed by atoms with Crippen LogP contribution >= 0.6 is 11.3 Å². The average Bonchev–Trinajstić information content (AvgIpc) is 3.23. The first kappa shape index (κ1) is 18.8. The van der Waals surface area contributed by atoms with Gasteiger partial charge in [0.15, 0.2) is 5.96 Å². The van der Waals surface area contributed by atoms with Gasteiger partial charge in [0.2, 0.25) is 0 Å². The second-order valence-electron chi connectivity index (χ2n) is 6.54. The van der Waals surface area contributed by atoms with Gasteiger partial charge in [0.1, 0.15) is 5.76 Å². The van der Waals surface area contributed by atoms with Crippen LogP contribution in [0.4, 0.5) is 0 Å². The summed E-state index contributed by atoms with van der Waals surface area (Å²) in [6.45, 7) is 12.6. The molecule has 8 heteroatoms. The number of nitrogens with zero attached hydrogens (tertiary/aromatic N) is 5. The molecule has 1 aliphatic heterocycles. The molecule has 3 rings (SSSR count). The highest BCUT2D eigenvalue weighted by atomic mass is 32.1. The molecule has 0 unspecified atom stereocenters. The molecule has 0 atom stereocenters. The molecule has 1 saturated heterocycles. The van der Waals surface area contributed by atoms with Crippen LogP contribution in [-0.4, -0.2) is 65.2 Å². The molecule has 0 saturated carbocycles. The number of hydrogen-bond acceptors (Lipinski definition) is 6. The number of aryl methyl sites for hydroxylation is 2. The summed E-state index contributed by atoms with van der Waals surface area (Å²) in [7, 11) is 0. The van der Waals surface area contributed by atoms with Crippen molar-refractivity contribution < 1.29 is 4.52 Å². The molecule has 1 aliphatic rings. The van der Waals surface area contributed by atoms with Crippen LogP contribution in [0, 0.1) is 13.8 Å². The fourth-order valence-electron chi connectivity index (χ4n) is 3.04. The van der Waals surface area contributed by atoms with Crippen molar-refractivity contribution in [2.75, 3.05) is 39.3 Å². The largest absolute Gasteiger partial charge is 0.361 e. The SMILES string of the molecule is CCNC(=NCCc1ncc(C)s1)N1CCN(Cc2cc(C)on2)CC1. The van der Waals surface area contributed by atoms with Crippen LogP contribution in [0.3, 0.4) is 0 Å². The third-order valence-electron chi connectivity index (χ3n) is 4.33. The molecule has 0 bridgehead atoms. The fraction of sp³-hybridized carbons (Fsp3) is 0.611. The quantitative estimate of drug-likeness (QED) is 0.615. The van der Waals surface area contributed by atoms with E-state index < -0.39 is 0 Å². The summed E-state index contributed by atoms with van der Waals surface area (Å²) >= 11 is 1.76. The van der Waals surface area contributed by atoms with Gasteiger partial charge in [-0.05, 0) is 20.8 Å². The summed E-state index contributed by atoms with van der Waals surface area (Å²) < 4.78 is 5.16. The molecular formula is C18H28N6OS. The fourth-order valence-corrected chi connectivity index (χ4v) is 3.82. The Morgan fingerprint density at radius 1 is 1.31 bits per heavy atom. The number of nitrogens with one attached hydrogen (secondary N) is 1. The van der Waals surface area contributed by atoms with Crippen LogP contribution in [0.1, 0.15) is 28.3 Å². The first-order chi connectivity index (χ1) is 12.6. The van der Waals surface area contributed by atoms with Crippen molar-refractivity contribution in [2.45, 2.75) is 33.7 Å². The lowest BCUT2D eigenvalue weighted by Crippen LogP contribution is -2.52. The molecular weight excluding hydrogens is 348 g/mol.